The number of carboxylic acid groups (broad SMARTS) is 1. The van der Waals surface area contributed by atoms with Crippen molar-refractivity contribution in [1.29, 1.82) is 0 Å². The molecule has 0 saturated carbocycles. The molecular weight excluding hydrogens is 344 g/mol. The lowest BCUT2D eigenvalue weighted by Gasteiger charge is -2.15. The van der Waals surface area contributed by atoms with Crippen molar-refractivity contribution in [2.24, 2.45) is 0 Å². The molecule has 0 radical (unpaired) electrons. The van der Waals surface area contributed by atoms with Crippen molar-refractivity contribution >= 4 is 5.97 Å². The minimum absolute atomic E-state index is 0.105. The predicted molar refractivity (Wildman–Crippen MR) is 109 cm³/mol. The Labute approximate surface area is 163 Å². The molecule has 0 saturated heterocycles. The van der Waals surface area contributed by atoms with Gasteiger partial charge in [0.15, 0.2) is 0 Å². The number of rotatable bonds is 16. The molecule has 0 heterocycles. The summed E-state index contributed by atoms with van der Waals surface area (Å²) in [7, 11) is 0. The van der Waals surface area contributed by atoms with E-state index in [4.69, 9.17) is 5.11 Å². The van der Waals surface area contributed by atoms with Crippen LogP contribution in [-0.4, -0.2) is 44.7 Å². The lowest BCUT2D eigenvalue weighted by molar-refractivity contribution is -0.136. The van der Waals surface area contributed by atoms with Crippen molar-refractivity contribution < 1.29 is 25.2 Å². The van der Waals surface area contributed by atoms with Crippen LogP contribution < -0.4 is 0 Å². The van der Waals surface area contributed by atoms with Gasteiger partial charge >= 0.3 is 5.97 Å². The summed E-state index contributed by atoms with van der Waals surface area (Å²) in [5, 5.41) is 37.9. The van der Waals surface area contributed by atoms with Crippen LogP contribution in [0.2, 0.25) is 0 Å². The van der Waals surface area contributed by atoms with Crippen molar-refractivity contribution in [2.45, 2.75) is 83.0 Å². The highest BCUT2D eigenvalue weighted by atomic mass is 16.4. The van der Waals surface area contributed by atoms with Gasteiger partial charge in [-0.25, -0.2) is 0 Å². The molecule has 0 aliphatic rings. The fraction of sp³-hybridized carbons (Fsp3) is 0.591. The third-order valence-electron chi connectivity index (χ3n) is 4.01. The van der Waals surface area contributed by atoms with Gasteiger partial charge in [-0.3, -0.25) is 4.79 Å². The monoisotopic (exact) mass is 380 g/mol. The molecule has 27 heavy (non-hydrogen) atoms. The van der Waals surface area contributed by atoms with Crippen molar-refractivity contribution in [2.75, 3.05) is 0 Å². The molecule has 5 heteroatoms. The van der Waals surface area contributed by atoms with Crippen LogP contribution in [0, 0.1) is 0 Å². The molecule has 0 aliphatic carbocycles. The molecule has 0 bridgehead atoms. The third-order valence-corrected chi connectivity index (χ3v) is 4.01. The van der Waals surface area contributed by atoms with Crippen LogP contribution in [0.25, 0.3) is 0 Å². The Kier molecular flexibility index (Phi) is 16.6. The van der Waals surface area contributed by atoms with Gasteiger partial charge in [0, 0.05) is 6.42 Å². The highest BCUT2D eigenvalue weighted by Crippen LogP contribution is 2.10. The van der Waals surface area contributed by atoms with Crippen molar-refractivity contribution in [1.82, 2.24) is 0 Å². The fourth-order valence-electron chi connectivity index (χ4n) is 2.35. The summed E-state index contributed by atoms with van der Waals surface area (Å²) in [5.41, 5.74) is 0. The Morgan fingerprint density at radius 3 is 2.33 bits per heavy atom. The average molecular weight is 381 g/mol. The summed E-state index contributed by atoms with van der Waals surface area (Å²) in [6, 6.07) is 0. The van der Waals surface area contributed by atoms with Crippen LogP contribution in [0.4, 0.5) is 0 Å². The van der Waals surface area contributed by atoms with E-state index in [9.17, 15) is 20.1 Å². The number of carboxylic acids is 1. The zero-order chi connectivity index (χ0) is 20.3. The highest BCUT2D eigenvalue weighted by Gasteiger charge is 2.13. The fourth-order valence-corrected chi connectivity index (χ4v) is 2.35. The number of aliphatic hydroxyl groups excluding tert-OH is 3. The number of hydrogen-bond donors (Lipinski definition) is 4. The van der Waals surface area contributed by atoms with E-state index in [1.165, 1.54) is 0 Å². The van der Waals surface area contributed by atoms with Crippen LogP contribution in [0.5, 0.6) is 0 Å². The maximum Gasteiger partial charge on any atom is 0.303 e. The predicted octanol–water partition coefficient (Wildman–Crippen LogP) is 3.91. The minimum atomic E-state index is -0.822. The summed E-state index contributed by atoms with van der Waals surface area (Å²) in [6.45, 7) is 2.11. The highest BCUT2D eigenvalue weighted by molar-refractivity contribution is 5.66. The van der Waals surface area contributed by atoms with Gasteiger partial charge < -0.3 is 20.4 Å². The third kappa shape index (κ3) is 17.5. The summed E-state index contributed by atoms with van der Waals surface area (Å²) in [4.78, 5) is 10.3. The molecule has 3 unspecified atom stereocenters. The Hall–Kier alpha value is -1.69. The average Bonchev–Trinajstić information content (AvgIpc) is 2.63. The van der Waals surface area contributed by atoms with Crippen LogP contribution in [-0.2, 0) is 4.79 Å². The molecule has 0 aliphatic heterocycles. The topological polar surface area (TPSA) is 98.0 Å². The van der Waals surface area contributed by atoms with Crippen molar-refractivity contribution in [3.05, 3.63) is 48.6 Å². The molecule has 0 aromatic carbocycles. The number of carbonyl (C=O) groups is 1. The Morgan fingerprint density at radius 2 is 1.63 bits per heavy atom. The van der Waals surface area contributed by atoms with Crippen LogP contribution in [0.3, 0.4) is 0 Å². The molecule has 0 aromatic heterocycles. The van der Waals surface area contributed by atoms with Crippen molar-refractivity contribution in [3.8, 4) is 0 Å². The van der Waals surface area contributed by atoms with E-state index >= 15 is 0 Å². The standard InChI is InChI=1S/C22H36O5/c1-2-3-9-16-20(24)21(25)17-12-7-5-4-6-10-14-19(23)15-11-8-13-18-22(26)27/h4,6-8,10-12,14,19-21,23-25H,2-3,5,9,13,15-18H2,1H3,(H,26,27)/b6-4-,11-8-,12-7-,14-10+. The van der Waals surface area contributed by atoms with Gasteiger partial charge in [0.25, 0.3) is 0 Å². The molecule has 0 spiro atoms. The quantitative estimate of drug-likeness (QED) is 0.185. The first-order chi connectivity index (χ1) is 13.0. The first kappa shape index (κ1) is 25.3. The maximum absolute atomic E-state index is 10.3. The molecule has 154 valence electrons. The lowest BCUT2D eigenvalue weighted by atomic mass is 10.0. The Balaban J connectivity index is 3.84. The van der Waals surface area contributed by atoms with Gasteiger partial charge in [-0.1, -0.05) is 74.8 Å². The van der Waals surface area contributed by atoms with Crippen LogP contribution >= 0.6 is 0 Å². The van der Waals surface area contributed by atoms with Gasteiger partial charge in [-0.2, -0.15) is 0 Å². The van der Waals surface area contributed by atoms with Crippen molar-refractivity contribution in [3.63, 3.8) is 0 Å². The van der Waals surface area contributed by atoms with Gasteiger partial charge in [0.1, 0.15) is 0 Å². The largest absolute Gasteiger partial charge is 0.481 e. The molecule has 3 atom stereocenters. The van der Waals surface area contributed by atoms with E-state index < -0.39 is 24.3 Å². The first-order valence-corrected chi connectivity index (χ1v) is 9.86. The molecule has 0 rings (SSSR count). The molecule has 0 amide bonds. The van der Waals surface area contributed by atoms with E-state index in [-0.39, 0.29) is 6.42 Å². The van der Waals surface area contributed by atoms with E-state index in [1.54, 1.807) is 24.3 Å². The molecule has 0 fully saturated rings. The van der Waals surface area contributed by atoms with Gasteiger partial charge in [-0.05, 0) is 32.1 Å². The van der Waals surface area contributed by atoms with Crippen LogP contribution in [0.1, 0.15) is 64.7 Å². The Bertz CT molecular complexity index is 479. The summed E-state index contributed by atoms with van der Waals surface area (Å²) in [6.07, 6.45) is 18.6. The van der Waals surface area contributed by atoms with Gasteiger partial charge in [-0.15, -0.1) is 0 Å². The summed E-state index contributed by atoms with van der Waals surface area (Å²) < 4.78 is 0. The SMILES string of the molecule is CCCCCC(O)C(O)C/C=C\C/C=C\C=C\C(O)C/C=C\CCC(=O)O. The number of allylic oxidation sites excluding steroid dienone is 5. The Morgan fingerprint density at radius 1 is 0.889 bits per heavy atom. The van der Waals surface area contributed by atoms with Gasteiger partial charge in [0.2, 0.25) is 0 Å². The lowest BCUT2D eigenvalue weighted by Crippen LogP contribution is -2.25. The second kappa shape index (κ2) is 17.7. The smallest absolute Gasteiger partial charge is 0.303 e. The number of hydrogen-bond acceptors (Lipinski definition) is 4. The van der Waals surface area contributed by atoms with E-state index in [2.05, 4.69) is 6.92 Å². The number of unbranched alkanes of at least 4 members (excludes halogenated alkanes) is 2. The number of aliphatic carboxylic acids is 1. The molecule has 0 aromatic rings. The van der Waals surface area contributed by atoms with E-state index in [0.717, 1.165) is 19.3 Å². The summed E-state index contributed by atoms with van der Waals surface area (Å²) in [5.74, 6) is -0.822. The summed E-state index contributed by atoms with van der Waals surface area (Å²) >= 11 is 0. The molecule has 5 nitrogen and oxygen atoms in total. The number of aliphatic hydroxyl groups is 3. The van der Waals surface area contributed by atoms with E-state index in [1.807, 2.05) is 24.3 Å². The van der Waals surface area contributed by atoms with Crippen LogP contribution in [0.15, 0.2) is 48.6 Å². The zero-order valence-electron chi connectivity index (χ0n) is 16.4. The zero-order valence-corrected chi connectivity index (χ0v) is 16.4. The maximum atomic E-state index is 10.3. The molecular formula is C22H36O5. The normalized spacial score (nSPS) is 16.0. The first-order valence-electron chi connectivity index (χ1n) is 9.86. The molecule has 4 N–H and O–H groups in total. The van der Waals surface area contributed by atoms with Gasteiger partial charge in [0.05, 0.1) is 18.3 Å². The van der Waals surface area contributed by atoms with E-state index in [0.29, 0.717) is 32.1 Å². The minimum Gasteiger partial charge on any atom is -0.481 e. The second-order valence-corrected chi connectivity index (χ2v) is 6.59. The second-order valence-electron chi connectivity index (χ2n) is 6.59.